The van der Waals surface area contributed by atoms with Crippen LogP contribution in [0.25, 0.3) is 0 Å². The summed E-state index contributed by atoms with van der Waals surface area (Å²) in [6.07, 6.45) is 2.03. The first-order valence-electron chi connectivity index (χ1n) is 4.61. The van der Waals surface area contributed by atoms with Crippen molar-refractivity contribution in [3.8, 4) is 0 Å². The number of allylic oxidation sites excluding steroid dienone is 1. The third-order valence-corrected chi connectivity index (χ3v) is 1.87. The van der Waals surface area contributed by atoms with E-state index in [0.717, 1.165) is 6.08 Å². The standard InChI is InChI=1S/C12H10O4/c13-10(9-5-2-1-3-6-9)7-4-8-11(14)12(15)16/h1-6,8H,7H2,(H,15,16)/p-1. The topological polar surface area (TPSA) is 74.3 Å². The van der Waals surface area contributed by atoms with Crippen molar-refractivity contribution in [3.63, 3.8) is 0 Å². The molecule has 0 amide bonds. The predicted molar refractivity (Wildman–Crippen MR) is 54.5 cm³/mol. The highest BCUT2D eigenvalue weighted by molar-refractivity contribution is 6.36. The van der Waals surface area contributed by atoms with Crippen molar-refractivity contribution in [1.29, 1.82) is 0 Å². The van der Waals surface area contributed by atoms with Gasteiger partial charge >= 0.3 is 0 Å². The largest absolute Gasteiger partial charge is 0.541 e. The number of aliphatic carboxylic acids is 1. The highest BCUT2D eigenvalue weighted by atomic mass is 16.4. The molecule has 0 aliphatic rings. The van der Waals surface area contributed by atoms with E-state index in [1.54, 1.807) is 30.3 Å². The number of carbonyl (C=O) groups is 3. The van der Waals surface area contributed by atoms with Crippen molar-refractivity contribution in [3.05, 3.63) is 48.0 Å². The van der Waals surface area contributed by atoms with Gasteiger partial charge in [-0.25, -0.2) is 0 Å². The molecule has 1 aromatic rings. The van der Waals surface area contributed by atoms with E-state index >= 15 is 0 Å². The molecule has 0 fully saturated rings. The second kappa shape index (κ2) is 5.60. The highest BCUT2D eigenvalue weighted by Crippen LogP contribution is 2.03. The van der Waals surface area contributed by atoms with Crippen molar-refractivity contribution >= 4 is 17.5 Å². The summed E-state index contributed by atoms with van der Waals surface area (Å²) in [5.74, 6) is -3.09. The molecule has 0 radical (unpaired) electrons. The fourth-order valence-electron chi connectivity index (χ4n) is 1.08. The quantitative estimate of drug-likeness (QED) is 0.399. The van der Waals surface area contributed by atoms with E-state index in [0.29, 0.717) is 5.56 Å². The van der Waals surface area contributed by atoms with Gasteiger partial charge in [0.05, 0.1) is 0 Å². The van der Waals surface area contributed by atoms with E-state index in [-0.39, 0.29) is 12.2 Å². The van der Waals surface area contributed by atoms with Crippen LogP contribution in [-0.2, 0) is 9.59 Å². The Kier molecular flexibility index (Phi) is 4.15. The zero-order valence-electron chi connectivity index (χ0n) is 8.38. The summed E-state index contributed by atoms with van der Waals surface area (Å²) < 4.78 is 0. The third-order valence-electron chi connectivity index (χ3n) is 1.87. The van der Waals surface area contributed by atoms with Gasteiger partial charge < -0.3 is 9.90 Å². The number of carboxylic acid groups (broad SMARTS) is 1. The summed E-state index contributed by atoms with van der Waals surface area (Å²) in [4.78, 5) is 32.1. The molecule has 0 saturated heterocycles. The molecule has 4 nitrogen and oxygen atoms in total. The van der Waals surface area contributed by atoms with Crippen LogP contribution in [0.5, 0.6) is 0 Å². The molecule has 0 atom stereocenters. The van der Waals surface area contributed by atoms with Gasteiger partial charge in [0.1, 0.15) is 5.97 Å². The first kappa shape index (κ1) is 11.8. The molecule has 0 aromatic heterocycles. The van der Waals surface area contributed by atoms with E-state index in [1.807, 2.05) is 0 Å². The van der Waals surface area contributed by atoms with Gasteiger partial charge in [-0.05, 0) is 6.08 Å². The van der Waals surface area contributed by atoms with Crippen LogP contribution in [0, 0.1) is 0 Å². The summed E-state index contributed by atoms with van der Waals surface area (Å²) in [6.45, 7) is 0. The second-order valence-corrected chi connectivity index (χ2v) is 3.05. The summed E-state index contributed by atoms with van der Waals surface area (Å²) in [5, 5.41) is 10.0. The minimum absolute atomic E-state index is 0.0109. The molecule has 82 valence electrons. The van der Waals surface area contributed by atoms with E-state index in [4.69, 9.17) is 0 Å². The lowest BCUT2D eigenvalue weighted by molar-refractivity contribution is -0.299. The van der Waals surface area contributed by atoms with Gasteiger partial charge in [0.2, 0.25) is 5.78 Å². The van der Waals surface area contributed by atoms with Gasteiger partial charge in [0.25, 0.3) is 0 Å². The van der Waals surface area contributed by atoms with Crippen LogP contribution < -0.4 is 5.11 Å². The van der Waals surface area contributed by atoms with Crippen molar-refractivity contribution in [2.24, 2.45) is 0 Å². The number of carbonyl (C=O) groups excluding carboxylic acids is 3. The number of benzene rings is 1. The molecule has 0 unspecified atom stereocenters. The number of hydrogen-bond donors (Lipinski definition) is 0. The van der Waals surface area contributed by atoms with Gasteiger partial charge in [-0.2, -0.15) is 0 Å². The molecular formula is C12H9O4-. The molecule has 0 heterocycles. The summed E-state index contributed by atoms with van der Waals surface area (Å²) in [6, 6.07) is 8.53. The van der Waals surface area contributed by atoms with Crippen molar-refractivity contribution in [2.75, 3.05) is 0 Å². The first-order valence-corrected chi connectivity index (χ1v) is 4.61. The van der Waals surface area contributed by atoms with E-state index in [9.17, 15) is 19.5 Å². The van der Waals surface area contributed by atoms with Crippen LogP contribution in [0.3, 0.4) is 0 Å². The number of hydrogen-bond acceptors (Lipinski definition) is 4. The van der Waals surface area contributed by atoms with Crippen LogP contribution in [0.1, 0.15) is 16.8 Å². The van der Waals surface area contributed by atoms with Gasteiger partial charge in [-0.15, -0.1) is 0 Å². The number of Topliss-reactive ketones (excluding diaryl/α,β-unsaturated/α-hetero) is 1. The van der Waals surface area contributed by atoms with Gasteiger partial charge in [-0.3, -0.25) is 9.59 Å². The molecule has 0 saturated carbocycles. The molecule has 16 heavy (non-hydrogen) atoms. The average Bonchev–Trinajstić information content (AvgIpc) is 2.29. The molecule has 0 aliphatic heterocycles. The van der Waals surface area contributed by atoms with E-state index in [1.165, 1.54) is 6.08 Å². The SMILES string of the molecule is O=C([O-])C(=O)C=CCC(=O)c1ccccc1. The fraction of sp³-hybridized carbons (Fsp3) is 0.0833. The van der Waals surface area contributed by atoms with Crippen LogP contribution >= 0.6 is 0 Å². The Hall–Kier alpha value is -2.23. The Morgan fingerprint density at radius 1 is 1.12 bits per heavy atom. The highest BCUT2D eigenvalue weighted by Gasteiger charge is 2.02. The molecule has 0 bridgehead atoms. The van der Waals surface area contributed by atoms with Crippen LogP contribution in [0.15, 0.2) is 42.5 Å². The monoisotopic (exact) mass is 217 g/mol. The maximum atomic E-state index is 11.5. The van der Waals surface area contributed by atoms with Gasteiger partial charge in [0.15, 0.2) is 5.78 Å². The summed E-state index contributed by atoms with van der Waals surface area (Å²) >= 11 is 0. The lowest BCUT2D eigenvalue weighted by Crippen LogP contribution is -2.30. The minimum Gasteiger partial charge on any atom is -0.541 e. The van der Waals surface area contributed by atoms with Crippen molar-refractivity contribution in [2.45, 2.75) is 6.42 Å². The van der Waals surface area contributed by atoms with Gasteiger partial charge in [0, 0.05) is 12.0 Å². The van der Waals surface area contributed by atoms with E-state index in [2.05, 4.69) is 0 Å². The first-order chi connectivity index (χ1) is 7.61. The Morgan fingerprint density at radius 3 is 2.31 bits per heavy atom. The van der Waals surface area contributed by atoms with Crippen molar-refractivity contribution < 1.29 is 19.5 Å². The maximum absolute atomic E-state index is 11.5. The summed E-state index contributed by atoms with van der Waals surface area (Å²) in [7, 11) is 0. The fourth-order valence-corrected chi connectivity index (χ4v) is 1.08. The van der Waals surface area contributed by atoms with E-state index < -0.39 is 11.8 Å². The number of carboxylic acids is 1. The third kappa shape index (κ3) is 3.49. The smallest absolute Gasteiger partial charge is 0.200 e. The van der Waals surface area contributed by atoms with Crippen LogP contribution in [0.4, 0.5) is 0 Å². The zero-order valence-corrected chi connectivity index (χ0v) is 8.38. The molecule has 0 aliphatic carbocycles. The molecule has 0 spiro atoms. The Bertz CT molecular complexity index is 432. The van der Waals surface area contributed by atoms with Crippen LogP contribution in [0.2, 0.25) is 0 Å². The zero-order chi connectivity index (χ0) is 12.0. The Balaban J connectivity index is 2.54. The second-order valence-electron chi connectivity index (χ2n) is 3.05. The number of ketones is 2. The van der Waals surface area contributed by atoms with Crippen LogP contribution in [-0.4, -0.2) is 17.5 Å². The molecule has 1 rings (SSSR count). The lowest BCUT2D eigenvalue weighted by atomic mass is 10.1. The molecular weight excluding hydrogens is 208 g/mol. The molecule has 1 aromatic carbocycles. The number of rotatable bonds is 5. The predicted octanol–water partition coefficient (Wildman–Crippen LogP) is 0.135. The Labute approximate surface area is 92.2 Å². The van der Waals surface area contributed by atoms with Gasteiger partial charge in [-0.1, -0.05) is 36.4 Å². The Morgan fingerprint density at radius 2 is 1.75 bits per heavy atom. The average molecular weight is 217 g/mol. The lowest BCUT2D eigenvalue weighted by Gasteiger charge is -1.96. The maximum Gasteiger partial charge on any atom is 0.200 e. The molecule has 0 N–H and O–H groups in total. The normalized spacial score (nSPS) is 10.2. The summed E-state index contributed by atoms with van der Waals surface area (Å²) in [5.41, 5.74) is 0.521. The van der Waals surface area contributed by atoms with Crippen molar-refractivity contribution in [1.82, 2.24) is 0 Å². The minimum atomic E-state index is -1.77. The molecule has 4 heteroatoms.